The number of benzene rings is 1. The van der Waals surface area contributed by atoms with Gasteiger partial charge in [0.1, 0.15) is 6.17 Å². The summed E-state index contributed by atoms with van der Waals surface area (Å²) in [5.74, 6) is 0.873. The Morgan fingerprint density at radius 2 is 2.03 bits per heavy atom. The summed E-state index contributed by atoms with van der Waals surface area (Å²) in [5, 5.41) is 8.47. The van der Waals surface area contributed by atoms with Crippen molar-refractivity contribution in [2.45, 2.75) is 45.3 Å². The van der Waals surface area contributed by atoms with Gasteiger partial charge in [-0.3, -0.25) is 9.58 Å². The van der Waals surface area contributed by atoms with Crippen molar-refractivity contribution in [2.75, 3.05) is 31.6 Å². The molecule has 0 aliphatic carbocycles. The molecule has 1 aromatic carbocycles. The predicted molar refractivity (Wildman–Crippen MR) is 123 cm³/mol. The highest BCUT2D eigenvalue weighted by Crippen LogP contribution is 2.36. The Kier molecular flexibility index (Phi) is 5.59. The van der Waals surface area contributed by atoms with E-state index in [9.17, 15) is 0 Å². The Labute approximate surface area is 188 Å². The molecule has 1 N–H and O–H groups in total. The van der Waals surface area contributed by atoms with E-state index in [1.807, 2.05) is 20.2 Å². The summed E-state index contributed by atoms with van der Waals surface area (Å²) in [6, 6.07) is 4.47. The van der Waals surface area contributed by atoms with Crippen LogP contribution >= 0.6 is 0 Å². The number of alkyl halides is 1. The Morgan fingerprint density at radius 3 is 2.72 bits per heavy atom. The van der Waals surface area contributed by atoms with Crippen LogP contribution < -0.4 is 5.32 Å². The van der Waals surface area contributed by atoms with Crippen molar-refractivity contribution < 1.29 is 9.13 Å². The highest BCUT2D eigenvalue weighted by molar-refractivity contribution is 5.81. The van der Waals surface area contributed by atoms with Crippen LogP contribution in [0.15, 0.2) is 24.5 Å². The number of hydrogen-bond acceptors (Lipinski definition) is 6. The van der Waals surface area contributed by atoms with Crippen LogP contribution in [0.25, 0.3) is 10.9 Å². The van der Waals surface area contributed by atoms with E-state index in [4.69, 9.17) is 9.72 Å². The minimum atomic E-state index is -0.898. The van der Waals surface area contributed by atoms with Gasteiger partial charge >= 0.3 is 0 Å². The van der Waals surface area contributed by atoms with Gasteiger partial charge in [-0.1, -0.05) is 6.92 Å². The van der Waals surface area contributed by atoms with Gasteiger partial charge in [-0.05, 0) is 56.0 Å². The number of halogens is 1. The molecule has 3 aromatic rings. The van der Waals surface area contributed by atoms with E-state index in [0.29, 0.717) is 24.5 Å². The molecule has 0 amide bonds. The van der Waals surface area contributed by atoms with E-state index in [1.54, 1.807) is 10.9 Å². The standard InChI is InChI=1S/C24H31FN6O/c1-14-7-17-9-26-24(29-22-10-27-30(4)16(22)3)28-21(17)8-19(14)18-5-6-31(11-20(18)25)23-13-32-12-15(23)2/h7-10,15,18,20,23H,5-6,11-13H2,1-4H3,(H,26,28,29)/t15-,18+,20-,23+/m1/s1. The lowest BCUT2D eigenvalue weighted by atomic mass is 9.84. The number of fused-ring (bicyclic) bond motifs is 1. The van der Waals surface area contributed by atoms with Gasteiger partial charge in [0.15, 0.2) is 0 Å². The number of likely N-dealkylation sites (tertiary alicyclic amines) is 1. The van der Waals surface area contributed by atoms with Gasteiger partial charge in [-0.25, -0.2) is 14.4 Å². The van der Waals surface area contributed by atoms with Gasteiger partial charge in [0.05, 0.1) is 36.3 Å². The highest BCUT2D eigenvalue weighted by atomic mass is 19.1. The average molecular weight is 439 g/mol. The Hall–Kier alpha value is -2.58. The lowest BCUT2D eigenvalue weighted by Crippen LogP contribution is -2.48. The van der Waals surface area contributed by atoms with Gasteiger partial charge in [-0.2, -0.15) is 5.10 Å². The second-order valence-corrected chi connectivity index (χ2v) is 9.34. The van der Waals surface area contributed by atoms with Crippen LogP contribution in [0.5, 0.6) is 0 Å². The molecule has 2 aliphatic heterocycles. The van der Waals surface area contributed by atoms with Gasteiger partial charge in [0.2, 0.25) is 5.95 Å². The molecule has 0 saturated carbocycles. The fraction of sp³-hybridized carbons (Fsp3) is 0.542. The molecule has 0 unspecified atom stereocenters. The van der Waals surface area contributed by atoms with Crippen molar-refractivity contribution in [1.29, 1.82) is 0 Å². The summed E-state index contributed by atoms with van der Waals surface area (Å²) in [6.45, 7) is 9.12. The van der Waals surface area contributed by atoms with Crippen LogP contribution in [-0.4, -0.2) is 63.2 Å². The number of nitrogens with one attached hydrogen (secondary N) is 1. The topological polar surface area (TPSA) is 68.1 Å². The highest BCUT2D eigenvalue weighted by Gasteiger charge is 2.37. The molecule has 0 bridgehead atoms. The summed E-state index contributed by atoms with van der Waals surface area (Å²) in [5.41, 5.74) is 4.87. The zero-order chi connectivity index (χ0) is 22.4. The molecule has 7 nitrogen and oxygen atoms in total. The van der Waals surface area contributed by atoms with Crippen molar-refractivity contribution in [2.24, 2.45) is 13.0 Å². The normalized spacial score (nSPS) is 26.7. The van der Waals surface area contributed by atoms with E-state index in [1.165, 1.54) is 0 Å². The smallest absolute Gasteiger partial charge is 0.227 e. The minimum Gasteiger partial charge on any atom is -0.379 e. The Balaban J connectivity index is 1.39. The van der Waals surface area contributed by atoms with Gasteiger partial charge in [0, 0.05) is 37.1 Å². The molecule has 5 rings (SSSR count). The summed E-state index contributed by atoms with van der Waals surface area (Å²) >= 11 is 0. The number of piperidine rings is 1. The largest absolute Gasteiger partial charge is 0.379 e. The third kappa shape index (κ3) is 3.86. The van der Waals surface area contributed by atoms with Gasteiger partial charge in [0.25, 0.3) is 0 Å². The molecule has 2 fully saturated rings. The molecule has 0 spiro atoms. The molecule has 0 radical (unpaired) electrons. The fourth-order valence-electron chi connectivity index (χ4n) is 5.11. The van der Waals surface area contributed by atoms with Gasteiger partial charge in [-0.15, -0.1) is 0 Å². The SMILES string of the molecule is Cc1cc2cnc(Nc3cnn(C)c3C)nc2cc1[C@@H]1CCN([C@H]2COC[C@H]2C)C[C@H]1F. The van der Waals surface area contributed by atoms with Crippen molar-refractivity contribution in [1.82, 2.24) is 24.6 Å². The maximum absolute atomic E-state index is 15.4. The molecule has 2 aromatic heterocycles. The third-order valence-electron chi connectivity index (χ3n) is 7.22. The second-order valence-electron chi connectivity index (χ2n) is 9.34. The van der Waals surface area contributed by atoms with Crippen molar-refractivity contribution in [3.63, 3.8) is 0 Å². The molecule has 4 atom stereocenters. The van der Waals surface area contributed by atoms with Crippen molar-refractivity contribution >= 4 is 22.5 Å². The maximum atomic E-state index is 15.4. The molecular formula is C24H31FN6O. The quantitative estimate of drug-likeness (QED) is 0.667. The first-order chi connectivity index (χ1) is 15.4. The number of hydrogen-bond donors (Lipinski definition) is 1. The number of ether oxygens (including phenoxy) is 1. The Morgan fingerprint density at radius 1 is 1.19 bits per heavy atom. The predicted octanol–water partition coefficient (Wildman–Crippen LogP) is 3.89. The lowest BCUT2D eigenvalue weighted by molar-refractivity contribution is 0.0657. The summed E-state index contributed by atoms with van der Waals surface area (Å²) < 4.78 is 22.8. The molecule has 2 aliphatic rings. The van der Waals surface area contributed by atoms with E-state index in [-0.39, 0.29) is 5.92 Å². The zero-order valence-electron chi connectivity index (χ0n) is 19.2. The van der Waals surface area contributed by atoms with Gasteiger partial charge < -0.3 is 10.1 Å². The number of nitrogens with zero attached hydrogens (tertiary/aromatic N) is 5. The second kappa shape index (κ2) is 8.41. The number of rotatable bonds is 4. The Bertz CT molecular complexity index is 1130. The number of aromatic nitrogens is 4. The van der Waals surface area contributed by atoms with E-state index >= 15 is 4.39 Å². The van der Waals surface area contributed by atoms with E-state index in [0.717, 1.165) is 59.6 Å². The van der Waals surface area contributed by atoms with Crippen molar-refractivity contribution in [3.05, 3.63) is 41.3 Å². The number of aryl methyl sites for hydroxylation is 2. The fourth-order valence-corrected chi connectivity index (χ4v) is 5.11. The van der Waals surface area contributed by atoms with Crippen LogP contribution in [0, 0.1) is 19.8 Å². The van der Waals surface area contributed by atoms with E-state index < -0.39 is 6.17 Å². The molecule has 170 valence electrons. The maximum Gasteiger partial charge on any atom is 0.227 e. The number of anilines is 2. The van der Waals surface area contributed by atoms with Crippen LogP contribution in [0.3, 0.4) is 0 Å². The first-order valence-electron chi connectivity index (χ1n) is 11.4. The summed E-state index contributed by atoms with van der Waals surface area (Å²) in [6.07, 6.45) is 3.50. The summed E-state index contributed by atoms with van der Waals surface area (Å²) in [7, 11) is 1.90. The molecule has 2 saturated heterocycles. The van der Waals surface area contributed by atoms with Crippen LogP contribution in [0.1, 0.15) is 36.1 Å². The van der Waals surface area contributed by atoms with Crippen LogP contribution in [-0.2, 0) is 11.8 Å². The monoisotopic (exact) mass is 438 g/mol. The molecule has 4 heterocycles. The summed E-state index contributed by atoms with van der Waals surface area (Å²) in [4.78, 5) is 11.5. The lowest BCUT2D eigenvalue weighted by Gasteiger charge is -2.39. The third-order valence-corrected chi connectivity index (χ3v) is 7.22. The van der Waals surface area contributed by atoms with Crippen LogP contribution in [0.2, 0.25) is 0 Å². The average Bonchev–Trinajstić information content (AvgIpc) is 3.34. The van der Waals surface area contributed by atoms with E-state index in [2.05, 4.69) is 46.3 Å². The first kappa shape index (κ1) is 21.3. The first-order valence-corrected chi connectivity index (χ1v) is 11.4. The molecule has 32 heavy (non-hydrogen) atoms. The zero-order valence-corrected chi connectivity index (χ0v) is 19.2. The minimum absolute atomic E-state index is 0.111. The molecule has 8 heteroatoms. The van der Waals surface area contributed by atoms with Crippen molar-refractivity contribution in [3.8, 4) is 0 Å². The molecular weight excluding hydrogens is 407 g/mol. The van der Waals surface area contributed by atoms with Crippen LogP contribution in [0.4, 0.5) is 16.0 Å².